The van der Waals surface area contributed by atoms with Crippen molar-refractivity contribution in [1.82, 2.24) is 20.0 Å². The van der Waals surface area contributed by atoms with Crippen molar-refractivity contribution >= 4 is 29.5 Å². The summed E-state index contributed by atoms with van der Waals surface area (Å²) in [6.45, 7) is 11.2. The van der Waals surface area contributed by atoms with Crippen LogP contribution in [0, 0.1) is 0 Å². The summed E-state index contributed by atoms with van der Waals surface area (Å²) in [6, 6.07) is 5.22. The monoisotopic (exact) mass is 527 g/mol. The third-order valence-corrected chi connectivity index (χ3v) is 7.28. The molecule has 0 aliphatic carbocycles. The lowest BCUT2D eigenvalue weighted by atomic mass is 10.0. The molecule has 0 radical (unpaired) electrons. The van der Waals surface area contributed by atoms with E-state index in [1.807, 2.05) is 39.0 Å². The Labute approximate surface area is 225 Å². The van der Waals surface area contributed by atoms with E-state index in [0.29, 0.717) is 31.6 Å². The number of unbranched alkanes of at least 4 members (excludes halogenated alkanes) is 3. The minimum absolute atomic E-state index is 0.148. The molecule has 0 spiro atoms. The van der Waals surface area contributed by atoms with Crippen molar-refractivity contribution < 1.29 is 23.9 Å². The average Bonchev–Trinajstić information content (AvgIpc) is 3.18. The highest BCUT2D eigenvalue weighted by molar-refractivity contribution is 6.05. The first kappa shape index (κ1) is 27.9. The van der Waals surface area contributed by atoms with Crippen LogP contribution in [0.4, 0.5) is 10.5 Å². The van der Waals surface area contributed by atoms with E-state index in [2.05, 4.69) is 15.5 Å². The highest BCUT2D eigenvalue weighted by atomic mass is 16.6. The lowest BCUT2D eigenvalue weighted by molar-refractivity contribution is -0.136. The second kappa shape index (κ2) is 12.1. The molecule has 0 bridgehead atoms. The summed E-state index contributed by atoms with van der Waals surface area (Å²) < 4.78 is 5.46. The number of benzene rings is 1. The number of hydrogen-bond donors (Lipinski definition) is 2. The summed E-state index contributed by atoms with van der Waals surface area (Å²) in [5, 5.41) is 5.76. The van der Waals surface area contributed by atoms with Crippen molar-refractivity contribution in [2.75, 3.05) is 44.6 Å². The zero-order valence-corrected chi connectivity index (χ0v) is 22.9. The van der Waals surface area contributed by atoms with Crippen LogP contribution in [0.5, 0.6) is 0 Å². The molecule has 3 heterocycles. The van der Waals surface area contributed by atoms with E-state index in [0.717, 1.165) is 63.1 Å². The van der Waals surface area contributed by atoms with E-state index in [4.69, 9.17) is 4.74 Å². The maximum Gasteiger partial charge on any atom is 0.410 e. The maximum absolute atomic E-state index is 13.0. The number of amides is 4. The number of hydrogen-bond acceptors (Lipinski definition) is 7. The van der Waals surface area contributed by atoms with Gasteiger partial charge in [-0.1, -0.05) is 18.9 Å². The second-order valence-electron chi connectivity index (χ2n) is 11.4. The molecular weight excluding hydrogens is 486 g/mol. The standard InChI is InChI=1S/C28H41N5O5/c1-28(2,3)38-27(37)32-16-14-31(15-17-32)13-7-5-4-6-12-29-21-9-8-20-19-33(26(36)22(20)18-21)23-10-11-24(34)30-25(23)35/h8-9,18,23,29H,4-7,10-17,19H2,1-3H3,(H,30,34,35). The first-order valence-electron chi connectivity index (χ1n) is 13.8. The molecule has 10 nitrogen and oxygen atoms in total. The highest BCUT2D eigenvalue weighted by Crippen LogP contribution is 2.29. The van der Waals surface area contributed by atoms with Crippen LogP contribution in [0.25, 0.3) is 0 Å². The number of nitrogens with one attached hydrogen (secondary N) is 2. The van der Waals surface area contributed by atoms with Crippen molar-refractivity contribution in [3.63, 3.8) is 0 Å². The van der Waals surface area contributed by atoms with Gasteiger partial charge in [0.05, 0.1) is 0 Å². The average molecular weight is 528 g/mol. The second-order valence-corrected chi connectivity index (χ2v) is 11.4. The van der Waals surface area contributed by atoms with Crippen molar-refractivity contribution in [2.45, 2.75) is 77.5 Å². The Bertz CT molecular complexity index is 1040. The van der Waals surface area contributed by atoms with E-state index in [1.54, 1.807) is 9.80 Å². The van der Waals surface area contributed by atoms with Gasteiger partial charge in [0.25, 0.3) is 5.91 Å². The fourth-order valence-electron chi connectivity index (χ4n) is 5.19. The lowest BCUT2D eigenvalue weighted by Crippen LogP contribution is -2.52. The lowest BCUT2D eigenvalue weighted by Gasteiger charge is -2.35. The van der Waals surface area contributed by atoms with Crippen molar-refractivity contribution in [3.8, 4) is 0 Å². The predicted octanol–water partition coefficient (Wildman–Crippen LogP) is 2.97. The van der Waals surface area contributed by atoms with Crippen LogP contribution < -0.4 is 10.6 Å². The number of ether oxygens (including phenoxy) is 1. The van der Waals surface area contributed by atoms with Crippen molar-refractivity contribution in [2.24, 2.45) is 0 Å². The Kier molecular flexibility index (Phi) is 8.91. The molecule has 1 aromatic carbocycles. The van der Waals surface area contributed by atoms with Gasteiger partial charge in [-0.25, -0.2) is 4.79 Å². The molecule has 3 aliphatic heterocycles. The molecule has 208 valence electrons. The summed E-state index contributed by atoms with van der Waals surface area (Å²) in [5.74, 6) is -0.811. The zero-order valence-electron chi connectivity index (χ0n) is 22.9. The molecule has 0 saturated carbocycles. The van der Waals surface area contributed by atoms with Gasteiger partial charge in [-0.3, -0.25) is 24.6 Å². The normalized spacial score (nSPS) is 20.4. The van der Waals surface area contributed by atoms with Crippen molar-refractivity contribution in [1.29, 1.82) is 0 Å². The number of imide groups is 1. The van der Waals surface area contributed by atoms with Gasteiger partial charge in [0.1, 0.15) is 11.6 Å². The van der Waals surface area contributed by atoms with Crippen LogP contribution in [-0.2, 0) is 20.9 Å². The fourth-order valence-corrected chi connectivity index (χ4v) is 5.19. The predicted molar refractivity (Wildman–Crippen MR) is 144 cm³/mol. The van der Waals surface area contributed by atoms with Gasteiger partial charge in [0, 0.05) is 56.9 Å². The minimum Gasteiger partial charge on any atom is -0.444 e. The molecule has 0 aromatic heterocycles. The molecule has 38 heavy (non-hydrogen) atoms. The van der Waals surface area contributed by atoms with Gasteiger partial charge in [0.2, 0.25) is 11.8 Å². The van der Waals surface area contributed by atoms with E-state index in [1.165, 1.54) is 0 Å². The summed E-state index contributed by atoms with van der Waals surface area (Å²) >= 11 is 0. The Balaban J connectivity index is 1.10. The Morgan fingerprint density at radius 2 is 1.79 bits per heavy atom. The number of carbonyl (C=O) groups excluding carboxylic acids is 4. The Hall–Kier alpha value is -3.14. The quantitative estimate of drug-likeness (QED) is 0.375. The Morgan fingerprint density at radius 3 is 2.50 bits per heavy atom. The molecule has 3 aliphatic rings. The summed E-state index contributed by atoms with van der Waals surface area (Å²) in [6.07, 6.45) is 4.86. The largest absolute Gasteiger partial charge is 0.444 e. The van der Waals surface area contributed by atoms with E-state index < -0.39 is 11.6 Å². The van der Waals surface area contributed by atoms with Gasteiger partial charge in [-0.15, -0.1) is 0 Å². The molecule has 1 aromatic rings. The summed E-state index contributed by atoms with van der Waals surface area (Å²) in [5.41, 5.74) is 1.99. The molecule has 1 unspecified atom stereocenters. The molecular formula is C28H41N5O5. The molecule has 4 amide bonds. The number of piperidine rings is 1. The molecule has 10 heteroatoms. The first-order valence-corrected chi connectivity index (χ1v) is 13.8. The molecule has 2 saturated heterocycles. The zero-order chi connectivity index (χ0) is 27.3. The third-order valence-electron chi connectivity index (χ3n) is 7.28. The Morgan fingerprint density at radius 1 is 1.05 bits per heavy atom. The van der Waals surface area contributed by atoms with Crippen LogP contribution >= 0.6 is 0 Å². The van der Waals surface area contributed by atoms with Crippen LogP contribution in [0.3, 0.4) is 0 Å². The van der Waals surface area contributed by atoms with Gasteiger partial charge in [-0.2, -0.15) is 0 Å². The van der Waals surface area contributed by atoms with Crippen LogP contribution in [0.1, 0.15) is 75.2 Å². The topological polar surface area (TPSA) is 111 Å². The highest BCUT2D eigenvalue weighted by Gasteiger charge is 2.39. The van der Waals surface area contributed by atoms with E-state index in [9.17, 15) is 19.2 Å². The summed E-state index contributed by atoms with van der Waals surface area (Å²) in [7, 11) is 0. The number of rotatable bonds is 9. The maximum atomic E-state index is 13.0. The molecule has 2 N–H and O–H groups in total. The molecule has 2 fully saturated rings. The van der Waals surface area contributed by atoms with E-state index in [-0.39, 0.29) is 30.2 Å². The number of anilines is 1. The minimum atomic E-state index is -0.585. The van der Waals surface area contributed by atoms with Gasteiger partial charge >= 0.3 is 6.09 Å². The fraction of sp³-hybridized carbons (Fsp3) is 0.643. The number of nitrogens with zero attached hydrogens (tertiary/aromatic N) is 3. The molecule has 1 atom stereocenters. The van der Waals surface area contributed by atoms with Crippen LogP contribution in [0.2, 0.25) is 0 Å². The third kappa shape index (κ3) is 7.24. The van der Waals surface area contributed by atoms with Crippen LogP contribution in [-0.4, -0.2) is 89.4 Å². The molecule has 4 rings (SSSR count). The SMILES string of the molecule is CC(C)(C)OC(=O)N1CCN(CCCCCCNc2ccc3c(c2)C(=O)N(C2CCC(=O)NC2=O)C3)CC1. The smallest absolute Gasteiger partial charge is 0.410 e. The number of fused-ring (bicyclic) bond motifs is 1. The van der Waals surface area contributed by atoms with Crippen LogP contribution in [0.15, 0.2) is 18.2 Å². The number of piperazine rings is 1. The van der Waals surface area contributed by atoms with E-state index >= 15 is 0 Å². The number of carbonyl (C=O) groups is 4. The summed E-state index contributed by atoms with van der Waals surface area (Å²) in [4.78, 5) is 54.6. The first-order chi connectivity index (χ1) is 18.1. The van der Waals surface area contributed by atoms with Gasteiger partial charge < -0.3 is 19.9 Å². The van der Waals surface area contributed by atoms with Gasteiger partial charge in [0.15, 0.2) is 0 Å². The van der Waals surface area contributed by atoms with Crippen molar-refractivity contribution in [3.05, 3.63) is 29.3 Å². The van der Waals surface area contributed by atoms with Gasteiger partial charge in [-0.05, 0) is 64.3 Å².